The van der Waals surface area contributed by atoms with Crippen molar-refractivity contribution in [1.29, 1.82) is 0 Å². The quantitative estimate of drug-likeness (QED) is 0.564. The number of thiazole rings is 1. The number of nitrogens with zero attached hydrogens (tertiary/aromatic N) is 1. The highest BCUT2D eigenvalue weighted by atomic mass is 35.5. The van der Waals surface area contributed by atoms with Crippen LogP contribution in [0, 0.1) is 12.8 Å². The molecule has 0 radical (unpaired) electrons. The first kappa shape index (κ1) is 11.2. The van der Waals surface area contributed by atoms with Crippen LogP contribution in [0.2, 0.25) is 0 Å². The van der Waals surface area contributed by atoms with Crippen LogP contribution in [0.25, 0.3) is 0 Å². The third-order valence-electron chi connectivity index (χ3n) is 2.70. The number of alkyl halides is 1. The van der Waals surface area contributed by atoms with Gasteiger partial charge in [0, 0.05) is 17.5 Å². The molecule has 82 valence electrons. The highest BCUT2D eigenvalue weighted by Crippen LogP contribution is 2.29. The normalized spacial score (nSPS) is 26.5. The number of hydrogen-bond acceptors (Lipinski definition) is 2. The number of halogens is 1. The van der Waals surface area contributed by atoms with Crippen LogP contribution in [0.5, 0.6) is 0 Å². The molecule has 0 aromatic carbocycles. The Morgan fingerprint density at radius 3 is 3.00 bits per heavy atom. The maximum Gasteiger partial charge on any atom is 0.0968 e. The first-order valence-electron chi connectivity index (χ1n) is 5.38. The summed E-state index contributed by atoms with van der Waals surface area (Å²) in [4.78, 5) is 4.49. The zero-order valence-electron chi connectivity index (χ0n) is 9.16. The lowest BCUT2D eigenvalue weighted by atomic mass is 9.89. The Morgan fingerprint density at radius 2 is 2.40 bits per heavy atom. The Morgan fingerprint density at radius 1 is 1.60 bits per heavy atom. The molecule has 1 aromatic heterocycles. The van der Waals surface area contributed by atoms with Crippen molar-refractivity contribution in [3.63, 3.8) is 0 Å². The average Bonchev–Trinajstić information content (AvgIpc) is 2.49. The molecule has 1 aliphatic rings. The van der Waals surface area contributed by atoms with Gasteiger partial charge < -0.3 is 0 Å². The average molecular weight is 242 g/mol. The van der Waals surface area contributed by atoms with Gasteiger partial charge in [-0.2, -0.15) is 0 Å². The summed E-state index contributed by atoms with van der Waals surface area (Å²) in [6.07, 6.45) is 5.51. The molecule has 0 aliphatic heterocycles. The highest BCUT2D eigenvalue weighted by molar-refractivity contribution is 7.09. The van der Waals surface area contributed by atoms with Gasteiger partial charge in [-0.15, -0.1) is 22.9 Å². The Bertz CT molecular complexity index is 369. The van der Waals surface area contributed by atoms with Gasteiger partial charge in [0.2, 0.25) is 0 Å². The van der Waals surface area contributed by atoms with E-state index in [0.717, 1.165) is 18.5 Å². The van der Waals surface area contributed by atoms with Gasteiger partial charge in [0.05, 0.1) is 10.4 Å². The number of aryl methyl sites for hydroxylation is 1. The smallest absolute Gasteiger partial charge is 0.0968 e. The Kier molecular flexibility index (Phi) is 3.47. The van der Waals surface area contributed by atoms with Crippen LogP contribution in [0.4, 0.5) is 0 Å². The molecule has 0 N–H and O–H groups in total. The van der Waals surface area contributed by atoms with E-state index in [1.807, 2.05) is 6.92 Å². The van der Waals surface area contributed by atoms with E-state index < -0.39 is 0 Å². The topological polar surface area (TPSA) is 12.9 Å². The first-order valence-corrected chi connectivity index (χ1v) is 6.69. The fourth-order valence-corrected chi connectivity index (χ4v) is 3.42. The Hall–Kier alpha value is -0.340. The van der Waals surface area contributed by atoms with Crippen LogP contribution in [0.3, 0.4) is 0 Å². The van der Waals surface area contributed by atoms with Crippen molar-refractivity contribution in [3.8, 4) is 0 Å². The number of hydrogen-bond donors (Lipinski definition) is 0. The highest BCUT2D eigenvalue weighted by Gasteiger charge is 2.18. The maximum atomic E-state index is 6.18. The summed E-state index contributed by atoms with van der Waals surface area (Å²) in [5, 5.41) is 3.56. The molecule has 1 aromatic rings. The molecule has 0 saturated carbocycles. The molecular weight excluding hydrogens is 226 g/mol. The molecule has 1 nitrogen and oxygen atoms in total. The molecule has 3 heteroatoms. The largest absolute Gasteiger partial charge is 0.246 e. The number of aromatic nitrogens is 1. The van der Waals surface area contributed by atoms with E-state index in [2.05, 4.69) is 23.4 Å². The summed E-state index contributed by atoms with van der Waals surface area (Å²) in [7, 11) is 0. The maximum absolute atomic E-state index is 6.18. The van der Waals surface area contributed by atoms with Crippen molar-refractivity contribution in [2.24, 2.45) is 5.92 Å². The molecule has 1 heterocycles. The van der Waals surface area contributed by atoms with Crippen molar-refractivity contribution >= 4 is 22.9 Å². The summed E-state index contributed by atoms with van der Waals surface area (Å²) >= 11 is 7.93. The minimum atomic E-state index is 0.227. The van der Waals surface area contributed by atoms with E-state index in [-0.39, 0.29) is 5.38 Å². The van der Waals surface area contributed by atoms with Gasteiger partial charge in [-0.25, -0.2) is 4.98 Å². The van der Waals surface area contributed by atoms with E-state index in [1.54, 1.807) is 11.3 Å². The SMILES string of the molecule is Cc1csc(CC2=CC(Cl)CC(C)C2)n1. The van der Waals surface area contributed by atoms with Crippen LogP contribution in [-0.2, 0) is 6.42 Å². The fourth-order valence-electron chi connectivity index (χ4n) is 2.12. The second-order valence-corrected chi connectivity index (χ2v) is 5.95. The van der Waals surface area contributed by atoms with Crippen LogP contribution in [-0.4, -0.2) is 10.4 Å². The Labute approximate surface area is 100 Å². The molecule has 0 saturated heterocycles. The number of allylic oxidation sites excluding steroid dienone is 2. The van der Waals surface area contributed by atoms with Crippen LogP contribution >= 0.6 is 22.9 Å². The molecule has 15 heavy (non-hydrogen) atoms. The molecule has 0 fully saturated rings. The Balaban J connectivity index is 2.05. The predicted molar refractivity (Wildman–Crippen MR) is 66.7 cm³/mol. The molecule has 0 bridgehead atoms. The van der Waals surface area contributed by atoms with E-state index in [9.17, 15) is 0 Å². The lowest BCUT2D eigenvalue weighted by Crippen LogP contribution is -2.12. The summed E-state index contributed by atoms with van der Waals surface area (Å²) in [5.74, 6) is 0.716. The summed E-state index contributed by atoms with van der Waals surface area (Å²) in [5.41, 5.74) is 2.59. The van der Waals surface area contributed by atoms with Crippen LogP contribution < -0.4 is 0 Å². The van der Waals surface area contributed by atoms with E-state index in [0.29, 0.717) is 5.92 Å². The van der Waals surface area contributed by atoms with Gasteiger partial charge in [0.1, 0.15) is 0 Å². The molecular formula is C12H16ClNS. The predicted octanol–water partition coefficient (Wildman–Crippen LogP) is 3.96. The lowest BCUT2D eigenvalue weighted by Gasteiger charge is -2.22. The second kappa shape index (κ2) is 4.67. The minimum Gasteiger partial charge on any atom is -0.246 e. The zero-order valence-corrected chi connectivity index (χ0v) is 10.7. The molecule has 2 unspecified atom stereocenters. The van der Waals surface area contributed by atoms with Gasteiger partial charge in [0.25, 0.3) is 0 Å². The van der Waals surface area contributed by atoms with Gasteiger partial charge in [0.15, 0.2) is 0 Å². The van der Waals surface area contributed by atoms with Gasteiger partial charge in [-0.3, -0.25) is 0 Å². The molecule has 2 atom stereocenters. The minimum absolute atomic E-state index is 0.227. The van der Waals surface area contributed by atoms with Gasteiger partial charge >= 0.3 is 0 Å². The van der Waals surface area contributed by atoms with Crippen molar-refractivity contribution < 1.29 is 0 Å². The molecule has 2 rings (SSSR count). The lowest BCUT2D eigenvalue weighted by molar-refractivity contribution is 0.507. The second-order valence-electron chi connectivity index (χ2n) is 4.45. The third kappa shape index (κ3) is 3.05. The van der Waals surface area contributed by atoms with Crippen molar-refractivity contribution in [2.45, 2.75) is 38.5 Å². The van der Waals surface area contributed by atoms with Gasteiger partial charge in [-0.1, -0.05) is 18.6 Å². The molecule has 1 aliphatic carbocycles. The van der Waals surface area contributed by atoms with Crippen LogP contribution in [0.1, 0.15) is 30.5 Å². The third-order valence-corrected chi connectivity index (χ3v) is 3.97. The van der Waals surface area contributed by atoms with Crippen LogP contribution in [0.15, 0.2) is 17.0 Å². The zero-order chi connectivity index (χ0) is 10.8. The van der Waals surface area contributed by atoms with Gasteiger partial charge in [-0.05, 0) is 25.7 Å². The first-order chi connectivity index (χ1) is 7.13. The van der Waals surface area contributed by atoms with E-state index in [1.165, 1.54) is 17.0 Å². The van der Waals surface area contributed by atoms with E-state index in [4.69, 9.17) is 11.6 Å². The number of rotatable bonds is 2. The summed E-state index contributed by atoms with van der Waals surface area (Å²) in [6, 6.07) is 0. The molecule has 0 spiro atoms. The standard InChI is InChI=1S/C12H16ClNS/c1-8-3-10(5-11(13)4-8)6-12-14-9(2)7-15-12/h5,7-8,11H,3-4,6H2,1-2H3. The fraction of sp³-hybridized carbons (Fsp3) is 0.583. The summed E-state index contributed by atoms with van der Waals surface area (Å²) < 4.78 is 0. The van der Waals surface area contributed by atoms with Crippen molar-refractivity contribution in [1.82, 2.24) is 4.98 Å². The van der Waals surface area contributed by atoms with E-state index >= 15 is 0 Å². The van der Waals surface area contributed by atoms with Crippen molar-refractivity contribution in [2.75, 3.05) is 0 Å². The monoisotopic (exact) mass is 241 g/mol. The van der Waals surface area contributed by atoms with Crippen molar-refractivity contribution in [3.05, 3.63) is 27.7 Å². The summed E-state index contributed by atoms with van der Waals surface area (Å²) in [6.45, 7) is 4.32. The molecule has 0 amide bonds.